The number of amides is 1. The minimum Gasteiger partial charge on any atom is -0.510 e. The molecule has 0 saturated heterocycles. The number of allylic oxidation sites excluding steroid dienone is 1. The summed E-state index contributed by atoms with van der Waals surface area (Å²) in [6.45, 7) is 0. The van der Waals surface area contributed by atoms with Crippen LogP contribution in [0.1, 0.15) is 22.3 Å². The predicted octanol–water partition coefficient (Wildman–Crippen LogP) is 1.31. The van der Waals surface area contributed by atoms with Crippen LogP contribution in [0.25, 0.3) is 0 Å². The van der Waals surface area contributed by atoms with Gasteiger partial charge in [0, 0.05) is 31.3 Å². The number of alkyl halides is 3. The van der Waals surface area contributed by atoms with E-state index in [1.54, 1.807) is 19.0 Å². The average Bonchev–Trinajstić information content (AvgIpc) is 2.81. The number of likely N-dealkylation sites (N-methyl/N-ethyl adjacent to an activating group) is 1. The van der Waals surface area contributed by atoms with E-state index in [0.717, 1.165) is 0 Å². The largest absolute Gasteiger partial charge is 0.534 e. The first-order valence-electron chi connectivity index (χ1n) is 11.9. The standard InChI is InChI=1S/C24H25F3IN3O9S/c1-30(2)12-7-11(28)19(40-41(38,39)24(25,26)27)14-9(12)5-8-6-10-16(31(3)4)18(33)15(22(29)36)21(35)23(10,37)20(34)13(8)17(14)32/h7-8,10,16,33-34,37H,5-6H2,1-4H3,(H2,29,36)/t8?,10?,16?,23-/m0/s1. The van der Waals surface area contributed by atoms with E-state index >= 15 is 0 Å². The Morgan fingerprint density at radius 3 is 2.27 bits per heavy atom. The van der Waals surface area contributed by atoms with Crippen molar-refractivity contribution >= 4 is 55.9 Å². The van der Waals surface area contributed by atoms with Crippen molar-refractivity contribution in [2.45, 2.75) is 30.0 Å². The highest BCUT2D eigenvalue weighted by atomic mass is 127. The number of rotatable bonds is 5. The summed E-state index contributed by atoms with van der Waals surface area (Å²) in [7, 11) is -0.107. The van der Waals surface area contributed by atoms with Crippen LogP contribution in [0.4, 0.5) is 18.9 Å². The quantitative estimate of drug-likeness (QED) is 0.149. The lowest BCUT2D eigenvalue weighted by Gasteiger charge is -2.50. The number of carbonyl (C=O) groups is 3. The third kappa shape index (κ3) is 4.47. The predicted molar refractivity (Wildman–Crippen MR) is 145 cm³/mol. The molecule has 41 heavy (non-hydrogen) atoms. The molecule has 4 atom stereocenters. The van der Waals surface area contributed by atoms with Gasteiger partial charge in [0.2, 0.25) is 5.78 Å². The van der Waals surface area contributed by atoms with Crippen LogP contribution in [0.5, 0.6) is 5.75 Å². The molecule has 4 rings (SSSR count). The number of carbonyl (C=O) groups excluding carboxylic acids is 3. The molecular formula is C24H25F3IN3O9S. The fourth-order valence-corrected chi connectivity index (χ4v) is 7.20. The molecule has 0 heterocycles. The molecule has 0 radical (unpaired) electrons. The van der Waals surface area contributed by atoms with Crippen LogP contribution in [0.15, 0.2) is 28.7 Å². The number of ketones is 2. The van der Waals surface area contributed by atoms with Crippen LogP contribution in [-0.4, -0.2) is 91.5 Å². The van der Waals surface area contributed by atoms with Crippen LogP contribution in [0.3, 0.4) is 0 Å². The third-order valence-electron chi connectivity index (χ3n) is 7.59. The summed E-state index contributed by atoms with van der Waals surface area (Å²) in [5.41, 5.74) is -5.15. The summed E-state index contributed by atoms with van der Waals surface area (Å²) in [5.74, 6) is -9.09. The number of nitrogens with two attached hydrogens (primary N) is 1. The molecule has 224 valence electrons. The van der Waals surface area contributed by atoms with Crippen molar-refractivity contribution < 1.29 is 55.5 Å². The molecule has 1 aromatic carbocycles. The fraction of sp³-hybridized carbons (Fsp3) is 0.458. The molecule has 1 aromatic rings. The molecule has 1 amide bonds. The van der Waals surface area contributed by atoms with E-state index in [1.165, 1.54) is 47.7 Å². The number of anilines is 1. The minimum atomic E-state index is -6.23. The third-order valence-corrected chi connectivity index (χ3v) is 9.35. The number of primary amides is 1. The molecule has 0 spiro atoms. The molecule has 0 aliphatic heterocycles. The Hall–Kier alpha value is -2.90. The molecule has 0 aromatic heterocycles. The van der Waals surface area contributed by atoms with Gasteiger partial charge < -0.3 is 30.1 Å². The number of Topliss-reactive ketones (excluding diaryl/α,β-unsaturated/α-hetero) is 2. The first-order valence-corrected chi connectivity index (χ1v) is 14.3. The number of halogens is 4. The molecule has 0 bridgehead atoms. The maximum atomic E-state index is 14.0. The second-order valence-corrected chi connectivity index (χ2v) is 13.1. The molecule has 0 fully saturated rings. The molecular weight excluding hydrogens is 690 g/mol. The molecule has 0 saturated carbocycles. The van der Waals surface area contributed by atoms with Crippen molar-refractivity contribution in [3.05, 3.63) is 43.4 Å². The van der Waals surface area contributed by atoms with Crippen LogP contribution in [-0.2, 0) is 26.1 Å². The van der Waals surface area contributed by atoms with Crippen molar-refractivity contribution in [1.29, 1.82) is 0 Å². The van der Waals surface area contributed by atoms with Crippen molar-refractivity contribution in [2.24, 2.45) is 17.6 Å². The topological polar surface area (TPSA) is 188 Å². The van der Waals surface area contributed by atoms with Gasteiger partial charge in [0.15, 0.2) is 17.1 Å². The SMILES string of the molecule is CN(C)c1cc(I)c(OS(=O)(=O)C(F)(F)F)c2c1CC1CC3C(N(C)C)C(O)=C(C(N)=O)C(=O)[C@@]3(O)C(O)=C1C2=O. The minimum absolute atomic E-state index is 0.112. The summed E-state index contributed by atoms with van der Waals surface area (Å²) in [6.07, 6.45) is -0.358. The maximum Gasteiger partial charge on any atom is 0.534 e. The Balaban J connectivity index is 2.02. The highest BCUT2D eigenvalue weighted by Gasteiger charge is 2.63. The fourth-order valence-electron chi connectivity index (χ4n) is 5.89. The number of aliphatic hydroxyl groups is 3. The van der Waals surface area contributed by atoms with Gasteiger partial charge in [-0.1, -0.05) is 0 Å². The molecule has 3 aliphatic carbocycles. The smallest absolute Gasteiger partial charge is 0.510 e. The summed E-state index contributed by atoms with van der Waals surface area (Å²) in [4.78, 5) is 42.4. The van der Waals surface area contributed by atoms with Gasteiger partial charge in [0.1, 0.15) is 17.1 Å². The second-order valence-electron chi connectivity index (χ2n) is 10.4. The lowest BCUT2D eigenvalue weighted by molar-refractivity contribution is -0.148. The van der Waals surface area contributed by atoms with Crippen molar-refractivity contribution in [3.63, 3.8) is 0 Å². The lowest BCUT2D eigenvalue weighted by Crippen LogP contribution is -2.63. The summed E-state index contributed by atoms with van der Waals surface area (Å²) < 4.78 is 67.9. The molecule has 17 heteroatoms. The first-order chi connectivity index (χ1) is 18.7. The van der Waals surface area contributed by atoms with E-state index in [0.29, 0.717) is 5.69 Å². The first kappa shape index (κ1) is 31.0. The number of nitrogens with zero attached hydrogens (tertiary/aromatic N) is 2. The Morgan fingerprint density at radius 1 is 1.20 bits per heavy atom. The zero-order valence-electron chi connectivity index (χ0n) is 21.9. The van der Waals surface area contributed by atoms with E-state index < -0.39 is 90.6 Å². The maximum absolute atomic E-state index is 14.0. The summed E-state index contributed by atoms with van der Waals surface area (Å²) in [5, 5.41) is 33.9. The van der Waals surface area contributed by atoms with Gasteiger partial charge in [-0.3, -0.25) is 19.3 Å². The molecule has 12 nitrogen and oxygen atoms in total. The van der Waals surface area contributed by atoms with E-state index in [4.69, 9.17) is 5.73 Å². The number of fused-ring (bicyclic) bond motifs is 3. The molecule has 5 N–H and O–H groups in total. The van der Waals surface area contributed by atoms with Crippen LogP contribution < -0.4 is 14.8 Å². The van der Waals surface area contributed by atoms with Crippen LogP contribution >= 0.6 is 22.6 Å². The van der Waals surface area contributed by atoms with Gasteiger partial charge in [-0.25, -0.2) is 0 Å². The van der Waals surface area contributed by atoms with Gasteiger partial charge in [0.05, 0.1) is 15.2 Å². The number of benzene rings is 1. The average molecular weight is 715 g/mol. The van der Waals surface area contributed by atoms with E-state index in [-0.39, 0.29) is 22.0 Å². The van der Waals surface area contributed by atoms with Crippen LogP contribution in [0, 0.1) is 15.4 Å². The van der Waals surface area contributed by atoms with Gasteiger partial charge in [-0.05, 0) is 67.1 Å². The second kappa shape index (κ2) is 9.84. The summed E-state index contributed by atoms with van der Waals surface area (Å²) >= 11 is 1.51. The van der Waals surface area contributed by atoms with E-state index in [9.17, 15) is 51.3 Å². The van der Waals surface area contributed by atoms with Gasteiger partial charge in [-0.2, -0.15) is 21.6 Å². The Morgan fingerprint density at radius 2 is 1.78 bits per heavy atom. The molecule has 3 aliphatic rings. The monoisotopic (exact) mass is 715 g/mol. The zero-order chi connectivity index (χ0) is 31.1. The summed E-state index contributed by atoms with van der Waals surface area (Å²) in [6, 6.07) is 0.128. The van der Waals surface area contributed by atoms with Gasteiger partial charge >= 0.3 is 15.6 Å². The van der Waals surface area contributed by atoms with Crippen molar-refractivity contribution in [2.75, 3.05) is 33.1 Å². The highest BCUT2D eigenvalue weighted by Crippen LogP contribution is 2.54. The highest BCUT2D eigenvalue weighted by molar-refractivity contribution is 14.1. The molecule has 3 unspecified atom stereocenters. The lowest BCUT2D eigenvalue weighted by atomic mass is 9.58. The number of aliphatic hydroxyl groups excluding tert-OH is 2. The zero-order valence-corrected chi connectivity index (χ0v) is 24.9. The van der Waals surface area contributed by atoms with Crippen molar-refractivity contribution in [3.8, 4) is 5.75 Å². The van der Waals surface area contributed by atoms with Gasteiger partial charge in [0.25, 0.3) is 5.91 Å². The Labute approximate surface area is 245 Å². The Kier molecular flexibility index (Phi) is 7.45. The number of hydrogen-bond acceptors (Lipinski definition) is 11. The van der Waals surface area contributed by atoms with E-state index in [1.807, 2.05) is 0 Å². The number of hydrogen-bond donors (Lipinski definition) is 4. The normalized spacial score (nSPS) is 26.5. The van der Waals surface area contributed by atoms with E-state index in [2.05, 4.69) is 4.18 Å². The van der Waals surface area contributed by atoms with Crippen LogP contribution in [0.2, 0.25) is 0 Å². The Bertz CT molecular complexity index is 1570. The van der Waals surface area contributed by atoms with Crippen molar-refractivity contribution in [1.82, 2.24) is 4.90 Å². The van der Waals surface area contributed by atoms with Gasteiger partial charge in [-0.15, -0.1) is 0 Å².